The molecule has 2 aromatic rings. The van der Waals surface area contributed by atoms with Crippen LogP contribution in [0, 0.1) is 0 Å². The van der Waals surface area contributed by atoms with Gasteiger partial charge in [0.1, 0.15) is 17.0 Å². The minimum absolute atomic E-state index is 0.0621. The molecule has 0 atom stereocenters. The van der Waals surface area contributed by atoms with Gasteiger partial charge < -0.3 is 10.3 Å². The Balaban J connectivity index is 2.35. The molecule has 90 valence electrons. The van der Waals surface area contributed by atoms with Crippen LogP contribution in [0.15, 0.2) is 34.0 Å². The highest BCUT2D eigenvalue weighted by atomic mass is 35.5. The number of anilines is 2. The molecule has 3 N–H and O–H groups in total. The molecule has 0 saturated heterocycles. The van der Waals surface area contributed by atoms with Crippen molar-refractivity contribution in [1.82, 2.24) is 10.1 Å². The van der Waals surface area contributed by atoms with Crippen molar-refractivity contribution in [1.29, 1.82) is 0 Å². The van der Waals surface area contributed by atoms with E-state index in [4.69, 9.17) is 17.3 Å². The van der Waals surface area contributed by atoms with E-state index in [-0.39, 0.29) is 21.6 Å². The first-order valence-electron chi connectivity index (χ1n) is 4.33. The zero-order valence-corrected chi connectivity index (χ0v) is 9.86. The Kier molecular flexibility index (Phi) is 2.90. The van der Waals surface area contributed by atoms with E-state index in [1.165, 1.54) is 18.4 Å². The maximum Gasteiger partial charge on any atom is 0.264 e. The summed E-state index contributed by atoms with van der Waals surface area (Å²) in [5.74, 6) is 0.130. The van der Waals surface area contributed by atoms with Crippen molar-refractivity contribution < 1.29 is 12.9 Å². The van der Waals surface area contributed by atoms with Gasteiger partial charge in [-0.2, -0.15) is 0 Å². The average Bonchev–Trinajstić information content (AvgIpc) is 2.73. The van der Waals surface area contributed by atoms with E-state index >= 15 is 0 Å². The monoisotopic (exact) mass is 274 g/mol. The van der Waals surface area contributed by atoms with Gasteiger partial charge in [-0.15, -0.1) is 0 Å². The van der Waals surface area contributed by atoms with Gasteiger partial charge in [-0.3, -0.25) is 4.72 Å². The van der Waals surface area contributed by atoms with E-state index in [1.54, 1.807) is 0 Å². The number of nitrogens with two attached hydrogens (primary N) is 1. The molecule has 0 bridgehead atoms. The number of nitrogens with zero attached hydrogens (tertiary/aromatic N) is 2. The van der Waals surface area contributed by atoms with E-state index in [0.29, 0.717) is 0 Å². The first-order valence-corrected chi connectivity index (χ1v) is 6.19. The molecule has 0 spiro atoms. The summed E-state index contributed by atoms with van der Waals surface area (Å²) in [4.78, 5) is 3.55. The molecule has 7 nitrogen and oxygen atoms in total. The molecule has 0 aliphatic heterocycles. The summed E-state index contributed by atoms with van der Waals surface area (Å²) in [6.07, 6.45) is 2.34. The summed E-state index contributed by atoms with van der Waals surface area (Å²) in [5.41, 5.74) is 5.38. The lowest BCUT2D eigenvalue weighted by atomic mass is 10.5. The number of aromatic nitrogens is 2. The average molecular weight is 275 g/mol. The molecule has 0 aromatic carbocycles. The van der Waals surface area contributed by atoms with Gasteiger partial charge in [-0.25, -0.2) is 13.4 Å². The van der Waals surface area contributed by atoms with Gasteiger partial charge >= 0.3 is 0 Å². The van der Waals surface area contributed by atoms with Gasteiger partial charge in [-0.1, -0.05) is 16.8 Å². The van der Waals surface area contributed by atoms with Gasteiger partial charge in [0.2, 0.25) is 0 Å². The summed E-state index contributed by atoms with van der Waals surface area (Å²) in [6.45, 7) is 0. The molecule has 0 unspecified atom stereocenters. The lowest BCUT2D eigenvalue weighted by molar-refractivity contribution is 0.423. The Morgan fingerprint density at radius 1 is 1.47 bits per heavy atom. The van der Waals surface area contributed by atoms with Crippen molar-refractivity contribution in [3.05, 3.63) is 29.6 Å². The quantitative estimate of drug-likeness (QED) is 0.867. The molecule has 17 heavy (non-hydrogen) atoms. The zero-order valence-electron chi connectivity index (χ0n) is 8.29. The highest BCUT2D eigenvalue weighted by Crippen LogP contribution is 2.21. The number of sulfonamides is 1. The zero-order chi connectivity index (χ0) is 12.5. The topological polar surface area (TPSA) is 111 Å². The van der Waals surface area contributed by atoms with Crippen LogP contribution in [-0.4, -0.2) is 18.6 Å². The number of hydrogen-bond donors (Lipinski definition) is 2. The smallest absolute Gasteiger partial charge is 0.264 e. The van der Waals surface area contributed by atoms with Crippen LogP contribution in [0.4, 0.5) is 11.6 Å². The normalized spacial score (nSPS) is 11.4. The van der Waals surface area contributed by atoms with Crippen molar-refractivity contribution in [3.63, 3.8) is 0 Å². The molecule has 0 amide bonds. The number of hydrogen-bond acceptors (Lipinski definition) is 6. The third kappa shape index (κ3) is 2.48. The largest absolute Gasteiger partial charge is 0.382 e. The second-order valence-electron chi connectivity index (χ2n) is 3.03. The number of pyridine rings is 1. The number of rotatable bonds is 3. The van der Waals surface area contributed by atoms with E-state index in [9.17, 15) is 8.42 Å². The number of halogens is 1. The van der Waals surface area contributed by atoms with E-state index < -0.39 is 10.0 Å². The van der Waals surface area contributed by atoms with E-state index in [0.717, 1.165) is 6.20 Å². The predicted molar refractivity (Wildman–Crippen MR) is 61.0 cm³/mol. The molecule has 0 saturated carbocycles. The second kappa shape index (κ2) is 4.22. The maximum atomic E-state index is 11.8. The van der Waals surface area contributed by atoms with Crippen LogP contribution >= 0.6 is 11.6 Å². The number of nitrogen functional groups attached to an aromatic ring is 1. The molecule has 2 rings (SSSR count). The lowest BCUT2D eigenvalue weighted by Gasteiger charge is -2.05. The van der Waals surface area contributed by atoms with Crippen LogP contribution < -0.4 is 10.5 Å². The minimum atomic E-state index is -3.80. The van der Waals surface area contributed by atoms with Crippen LogP contribution in [0.3, 0.4) is 0 Å². The van der Waals surface area contributed by atoms with Crippen LogP contribution in [-0.2, 0) is 10.0 Å². The molecule has 0 aliphatic carbocycles. The molecule has 9 heteroatoms. The Bertz CT molecular complexity index is 626. The molecule has 0 radical (unpaired) electrons. The summed E-state index contributed by atoms with van der Waals surface area (Å²) in [5, 5.41) is 3.49. The Morgan fingerprint density at radius 3 is 2.82 bits per heavy atom. The van der Waals surface area contributed by atoms with Crippen molar-refractivity contribution in [2.75, 3.05) is 10.5 Å². The number of nitrogens with one attached hydrogen (secondary N) is 1. The summed E-state index contributed by atoms with van der Waals surface area (Å²) < 4.78 is 30.4. The van der Waals surface area contributed by atoms with E-state index in [2.05, 4.69) is 19.4 Å². The standard InChI is InChI=1S/C8H7ClN4O3S/c9-6-3-5(4-11-8(6)10)17(14,15)13-7-1-2-16-12-7/h1-4H,(H2,10,11)(H,12,13). The SMILES string of the molecule is Nc1ncc(S(=O)(=O)Nc2ccon2)cc1Cl. The first-order chi connectivity index (χ1) is 7.99. The molecule has 0 aliphatic rings. The third-order valence-electron chi connectivity index (χ3n) is 1.83. The fourth-order valence-electron chi connectivity index (χ4n) is 1.04. The molecule has 2 heterocycles. The first kappa shape index (κ1) is 11.7. The lowest BCUT2D eigenvalue weighted by Crippen LogP contribution is -2.13. The fourth-order valence-corrected chi connectivity index (χ4v) is 2.23. The maximum absolute atomic E-state index is 11.8. The van der Waals surface area contributed by atoms with Crippen molar-refractivity contribution in [3.8, 4) is 0 Å². The van der Waals surface area contributed by atoms with Crippen LogP contribution in [0.5, 0.6) is 0 Å². The van der Waals surface area contributed by atoms with Gasteiger partial charge in [0.05, 0.1) is 5.02 Å². The summed E-state index contributed by atoms with van der Waals surface area (Å²) >= 11 is 5.69. The molecule has 2 aromatic heterocycles. The van der Waals surface area contributed by atoms with Crippen molar-refractivity contribution in [2.45, 2.75) is 4.90 Å². The predicted octanol–water partition coefficient (Wildman–Crippen LogP) is 1.11. The van der Waals surface area contributed by atoms with Crippen molar-refractivity contribution >= 4 is 33.3 Å². The summed E-state index contributed by atoms with van der Waals surface area (Å²) in [7, 11) is -3.80. The Morgan fingerprint density at radius 2 is 2.24 bits per heavy atom. The van der Waals surface area contributed by atoms with Gasteiger partial charge in [0.15, 0.2) is 5.82 Å². The Hall–Kier alpha value is -1.80. The highest BCUT2D eigenvalue weighted by Gasteiger charge is 2.17. The van der Waals surface area contributed by atoms with Crippen LogP contribution in [0.1, 0.15) is 0 Å². The summed E-state index contributed by atoms with van der Waals surface area (Å²) in [6, 6.07) is 2.57. The Labute approximate surface area is 102 Å². The second-order valence-corrected chi connectivity index (χ2v) is 5.12. The van der Waals surface area contributed by atoms with Crippen LogP contribution in [0.25, 0.3) is 0 Å². The van der Waals surface area contributed by atoms with Gasteiger partial charge in [0, 0.05) is 12.3 Å². The fraction of sp³-hybridized carbons (Fsp3) is 0. The highest BCUT2D eigenvalue weighted by molar-refractivity contribution is 7.92. The molecular weight excluding hydrogens is 268 g/mol. The van der Waals surface area contributed by atoms with Gasteiger partial charge in [0.25, 0.3) is 10.0 Å². The third-order valence-corrected chi connectivity index (χ3v) is 3.46. The van der Waals surface area contributed by atoms with Crippen molar-refractivity contribution in [2.24, 2.45) is 0 Å². The van der Waals surface area contributed by atoms with Gasteiger partial charge in [-0.05, 0) is 6.07 Å². The minimum Gasteiger partial charge on any atom is -0.382 e. The van der Waals surface area contributed by atoms with Crippen LogP contribution in [0.2, 0.25) is 5.02 Å². The molecular formula is C8H7ClN4O3S. The van der Waals surface area contributed by atoms with E-state index in [1.807, 2.05) is 0 Å². The molecule has 0 fully saturated rings.